The fourth-order valence-electron chi connectivity index (χ4n) is 2.61. The summed E-state index contributed by atoms with van der Waals surface area (Å²) in [5, 5.41) is 0. The zero-order chi connectivity index (χ0) is 13.8. The average Bonchev–Trinajstić information content (AvgIpc) is 2.92. The molecule has 0 aliphatic carbocycles. The Morgan fingerprint density at radius 3 is 2.85 bits per heavy atom. The van der Waals surface area contributed by atoms with Gasteiger partial charge in [0.2, 0.25) is 0 Å². The molecule has 2 heterocycles. The molecule has 3 rings (SSSR count). The zero-order valence-electron chi connectivity index (χ0n) is 11.4. The van der Waals surface area contributed by atoms with E-state index in [0.29, 0.717) is 19.8 Å². The van der Waals surface area contributed by atoms with Crippen LogP contribution in [0.5, 0.6) is 0 Å². The Morgan fingerprint density at radius 1 is 1.20 bits per heavy atom. The van der Waals surface area contributed by atoms with Gasteiger partial charge in [-0.15, -0.1) is 6.58 Å². The van der Waals surface area contributed by atoms with Crippen molar-refractivity contribution in [2.24, 2.45) is 0 Å². The molecule has 4 nitrogen and oxygen atoms in total. The molecule has 2 aliphatic rings. The largest absolute Gasteiger partial charge is 0.371 e. The highest BCUT2D eigenvalue weighted by Crippen LogP contribution is 2.31. The van der Waals surface area contributed by atoms with Crippen LogP contribution < -0.4 is 0 Å². The fourth-order valence-corrected chi connectivity index (χ4v) is 2.61. The van der Waals surface area contributed by atoms with Gasteiger partial charge in [0.1, 0.15) is 12.2 Å². The first-order chi connectivity index (χ1) is 9.86. The summed E-state index contributed by atoms with van der Waals surface area (Å²) in [5.41, 5.74) is 1.16. The maximum Gasteiger partial charge on any atom is 0.184 e. The van der Waals surface area contributed by atoms with Gasteiger partial charge in [-0.1, -0.05) is 36.4 Å². The third-order valence-electron chi connectivity index (χ3n) is 3.65. The van der Waals surface area contributed by atoms with Crippen molar-refractivity contribution in [2.75, 3.05) is 13.2 Å². The second kappa shape index (κ2) is 6.50. The molecule has 0 amide bonds. The van der Waals surface area contributed by atoms with Crippen molar-refractivity contribution in [3.05, 3.63) is 48.6 Å². The Morgan fingerprint density at radius 2 is 2.05 bits per heavy atom. The fraction of sp³-hybridized carbons (Fsp3) is 0.500. The van der Waals surface area contributed by atoms with Crippen LogP contribution in [0.1, 0.15) is 12.0 Å². The van der Waals surface area contributed by atoms with E-state index < -0.39 is 0 Å². The van der Waals surface area contributed by atoms with Gasteiger partial charge in [0.05, 0.1) is 25.9 Å². The molecule has 0 radical (unpaired) electrons. The number of rotatable bonds is 6. The summed E-state index contributed by atoms with van der Waals surface area (Å²) in [4.78, 5) is 0. The second-order valence-electron chi connectivity index (χ2n) is 5.11. The maximum atomic E-state index is 6.00. The predicted molar refractivity (Wildman–Crippen MR) is 74.2 cm³/mol. The molecule has 108 valence electrons. The standard InChI is InChI=1S/C16H20O4/c1-2-8-17-14-9-13(15-11-19-16(14)20-15)18-10-12-6-4-3-5-7-12/h2-7,13-16H,1,8-11H2/t13-,14+,15+,16+/m0/s1. The van der Waals surface area contributed by atoms with E-state index in [9.17, 15) is 0 Å². The molecule has 1 aromatic rings. The van der Waals surface area contributed by atoms with E-state index in [1.165, 1.54) is 0 Å². The molecule has 0 unspecified atom stereocenters. The van der Waals surface area contributed by atoms with Crippen LogP contribution in [-0.4, -0.2) is 37.8 Å². The molecule has 0 aromatic heterocycles. The van der Waals surface area contributed by atoms with Gasteiger partial charge in [0.25, 0.3) is 0 Å². The SMILES string of the molecule is C=CCO[C@@H]1C[C@H](OCc2ccccc2)[C@H]2CO[C@@H]1O2. The summed E-state index contributed by atoms with van der Waals surface area (Å²) >= 11 is 0. The van der Waals surface area contributed by atoms with Gasteiger partial charge in [0, 0.05) is 6.42 Å². The Bertz CT molecular complexity index is 433. The highest BCUT2D eigenvalue weighted by atomic mass is 16.8. The summed E-state index contributed by atoms with van der Waals surface area (Å²) in [6.45, 7) is 5.34. The van der Waals surface area contributed by atoms with E-state index in [-0.39, 0.29) is 24.6 Å². The monoisotopic (exact) mass is 276 g/mol. The highest BCUT2D eigenvalue weighted by Gasteiger charge is 2.45. The van der Waals surface area contributed by atoms with Crippen molar-refractivity contribution < 1.29 is 18.9 Å². The van der Waals surface area contributed by atoms with Crippen molar-refractivity contribution in [3.8, 4) is 0 Å². The third-order valence-corrected chi connectivity index (χ3v) is 3.65. The van der Waals surface area contributed by atoms with E-state index in [4.69, 9.17) is 18.9 Å². The lowest BCUT2D eigenvalue weighted by atomic mass is 10.0. The van der Waals surface area contributed by atoms with Gasteiger partial charge in [-0.3, -0.25) is 0 Å². The molecule has 2 bridgehead atoms. The normalized spacial score (nSPS) is 32.2. The number of fused-ring (bicyclic) bond motifs is 2. The summed E-state index contributed by atoms with van der Waals surface area (Å²) in [6.07, 6.45) is 2.25. The maximum absolute atomic E-state index is 6.00. The Labute approximate surface area is 119 Å². The van der Waals surface area contributed by atoms with Gasteiger partial charge in [-0.25, -0.2) is 0 Å². The van der Waals surface area contributed by atoms with E-state index >= 15 is 0 Å². The Balaban J connectivity index is 1.57. The van der Waals surface area contributed by atoms with E-state index in [2.05, 4.69) is 18.7 Å². The van der Waals surface area contributed by atoms with Crippen LogP contribution in [0.2, 0.25) is 0 Å². The molecule has 1 aromatic carbocycles. The smallest absolute Gasteiger partial charge is 0.184 e. The summed E-state index contributed by atoms with van der Waals surface area (Å²) in [5.74, 6) is 0. The van der Waals surface area contributed by atoms with Crippen LogP contribution in [0.4, 0.5) is 0 Å². The molecule has 4 heteroatoms. The Hall–Kier alpha value is -1.20. The minimum absolute atomic E-state index is 0.0174. The molecule has 2 fully saturated rings. The predicted octanol–water partition coefficient (Wildman–Crippen LogP) is 2.29. The van der Waals surface area contributed by atoms with E-state index in [0.717, 1.165) is 12.0 Å². The minimum atomic E-state index is -0.253. The van der Waals surface area contributed by atoms with Gasteiger partial charge in [0.15, 0.2) is 6.29 Å². The van der Waals surface area contributed by atoms with Crippen LogP contribution in [0.25, 0.3) is 0 Å². The first-order valence-electron chi connectivity index (χ1n) is 7.02. The lowest BCUT2D eigenvalue weighted by Crippen LogP contribution is -2.44. The van der Waals surface area contributed by atoms with Crippen molar-refractivity contribution in [1.82, 2.24) is 0 Å². The molecule has 2 aliphatic heterocycles. The van der Waals surface area contributed by atoms with Crippen LogP contribution in [-0.2, 0) is 25.6 Å². The minimum Gasteiger partial charge on any atom is -0.371 e. The molecule has 0 spiro atoms. The lowest BCUT2D eigenvalue weighted by molar-refractivity contribution is -0.205. The number of hydrogen-bond donors (Lipinski definition) is 0. The molecule has 0 N–H and O–H groups in total. The quantitative estimate of drug-likeness (QED) is 0.747. The van der Waals surface area contributed by atoms with Gasteiger partial charge >= 0.3 is 0 Å². The summed E-state index contributed by atoms with van der Waals surface area (Å²) < 4.78 is 23.1. The zero-order valence-corrected chi connectivity index (χ0v) is 11.4. The molecular formula is C16H20O4. The van der Waals surface area contributed by atoms with Gasteiger partial charge in [-0.2, -0.15) is 0 Å². The Kier molecular flexibility index (Phi) is 4.47. The topological polar surface area (TPSA) is 36.9 Å². The van der Waals surface area contributed by atoms with Crippen LogP contribution in [0.15, 0.2) is 43.0 Å². The van der Waals surface area contributed by atoms with Gasteiger partial charge in [-0.05, 0) is 5.56 Å². The van der Waals surface area contributed by atoms with Gasteiger partial charge < -0.3 is 18.9 Å². The van der Waals surface area contributed by atoms with Crippen molar-refractivity contribution in [3.63, 3.8) is 0 Å². The molecule has 0 saturated carbocycles. The third kappa shape index (κ3) is 3.10. The van der Waals surface area contributed by atoms with Crippen molar-refractivity contribution in [1.29, 1.82) is 0 Å². The lowest BCUT2D eigenvalue weighted by Gasteiger charge is -2.33. The summed E-state index contributed by atoms with van der Waals surface area (Å²) in [7, 11) is 0. The second-order valence-corrected chi connectivity index (χ2v) is 5.11. The number of ether oxygens (including phenoxy) is 4. The molecular weight excluding hydrogens is 256 g/mol. The molecule has 4 atom stereocenters. The first-order valence-corrected chi connectivity index (χ1v) is 7.02. The first kappa shape index (κ1) is 13.8. The number of benzene rings is 1. The van der Waals surface area contributed by atoms with Crippen LogP contribution in [0, 0.1) is 0 Å². The van der Waals surface area contributed by atoms with E-state index in [1.54, 1.807) is 6.08 Å². The van der Waals surface area contributed by atoms with Crippen molar-refractivity contribution >= 4 is 0 Å². The van der Waals surface area contributed by atoms with Crippen LogP contribution >= 0.6 is 0 Å². The summed E-state index contributed by atoms with van der Waals surface area (Å²) in [6, 6.07) is 10.1. The van der Waals surface area contributed by atoms with Crippen LogP contribution in [0.3, 0.4) is 0 Å². The average molecular weight is 276 g/mol. The molecule has 20 heavy (non-hydrogen) atoms. The van der Waals surface area contributed by atoms with E-state index in [1.807, 2.05) is 18.2 Å². The van der Waals surface area contributed by atoms with Crippen molar-refractivity contribution in [2.45, 2.75) is 37.6 Å². The number of hydrogen-bond acceptors (Lipinski definition) is 4. The molecule has 2 saturated heterocycles. The highest BCUT2D eigenvalue weighted by molar-refractivity contribution is 5.13.